The van der Waals surface area contributed by atoms with E-state index in [-0.39, 0.29) is 11.7 Å². The van der Waals surface area contributed by atoms with Gasteiger partial charge in [0.15, 0.2) is 5.78 Å². The van der Waals surface area contributed by atoms with Crippen molar-refractivity contribution in [1.29, 1.82) is 0 Å². The summed E-state index contributed by atoms with van der Waals surface area (Å²) in [6, 6.07) is 6.87. The molecule has 0 fully saturated rings. The van der Waals surface area contributed by atoms with Crippen molar-refractivity contribution in [1.82, 2.24) is 4.37 Å². The number of ketones is 1. The van der Waals surface area contributed by atoms with Crippen LogP contribution >= 0.6 is 11.5 Å². The molecule has 5 heteroatoms. The number of aryl methyl sites for hydroxylation is 1. The van der Waals surface area contributed by atoms with Crippen LogP contribution in [0.1, 0.15) is 33.3 Å². The largest absolute Gasteiger partial charge is 0.322 e. The summed E-state index contributed by atoms with van der Waals surface area (Å²) in [5, 5.41) is 4.46. The number of hydrogen-bond donors (Lipinski definition) is 1. The Balaban J connectivity index is 2.20. The number of benzene rings is 1. The van der Waals surface area contributed by atoms with Gasteiger partial charge < -0.3 is 5.32 Å². The van der Waals surface area contributed by atoms with E-state index in [4.69, 9.17) is 0 Å². The average Bonchev–Trinajstić information content (AvgIpc) is 2.76. The zero-order valence-electron chi connectivity index (χ0n) is 10.1. The Morgan fingerprint density at radius 1 is 1.33 bits per heavy atom. The molecule has 2 rings (SSSR count). The van der Waals surface area contributed by atoms with Crippen LogP contribution in [0.3, 0.4) is 0 Å². The summed E-state index contributed by atoms with van der Waals surface area (Å²) in [6.07, 6.45) is 0. The number of carbonyl (C=O) groups excluding carboxylic acids is 2. The molecule has 4 nitrogen and oxygen atoms in total. The van der Waals surface area contributed by atoms with Crippen molar-refractivity contribution in [2.24, 2.45) is 0 Å². The van der Waals surface area contributed by atoms with Crippen molar-refractivity contribution in [3.63, 3.8) is 0 Å². The van der Waals surface area contributed by atoms with E-state index in [9.17, 15) is 9.59 Å². The van der Waals surface area contributed by atoms with Gasteiger partial charge >= 0.3 is 0 Å². The van der Waals surface area contributed by atoms with E-state index in [2.05, 4.69) is 9.69 Å². The second-order valence-corrected chi connectivity index (χ2v) is 4.53. The second kappa shape index (κ2) is 5.10. The van der Waals surface area contributed by atoms with Gasteiger partial charge in [-0.25, -0.2) is 0 Å². The molecule has 0 saturated carbocycles. The number of nitrogens with zero attached hydrogens (tertiary/aromatic N) is 1. The molecule has 0 radical (unpaired) electrons. The van der Waals surface area contributed by atoms with Gasteiger partial charge in [-0.05, 0) is 37.5 Å². The van der Waals surface area contributed by atoms with Gasteiger partial charge in [0.2, 0.25) is 0 Å². The molecule has 1 heterocycles. The van der Waals surface area contributed by atoms with Crippen LogP contribution in [0.15, 0.2) is 29.6 Å². The number of anilines is 1. The van der Waals surface area contributed by atoms with Crippen LogP contribution in [0.5, 0.6) is 0 Å². The van der Waals surface area contributed by atoms with E-state index in [0.717, 1.165) is 0 Å². The summed E-state index contributed by atoms with van der Waals surface area (Å²) in [6.45, 7) is 3.28. The zero-order valence-corrected chi connectivity index (χ0v) is 10.9. The topological polar surface area (TPSA) is 59.1 Å². The highest BCUT2D eigenvalue weighted by Gasteiger charge is 2.11. The molecule has 0 atom stereocenters. The lowest BCUT2D eigenvalue weighted by atomic mass is 10.1. The molecule has 0 bridgehead atoms. The number of Topliss-reactive ketones (excluding diaryl/α,β-unsaturated/α-hetero) is 1. The molecule has 1 aromatic heterocycles. The fourth-order valence-corrected chi connectivity index (χ4v) is 2.22. The maximum atomic E-state index is 11.9. The predicted octanol–water partition coefficient (Wildman–Crippen LogP) is 2.91. The van der Waals surface area contributed by atoms with E-state index in [0.29, 0.717) is 22.5 Å². The SMILES string of the molecule is CC(=O)c1cccc(NC(=O)c2csnc2C)c1. The van der Waals surface area contributed by atoms with Crippen molar-refractivity contribution in [3.05, 3.63) is 46.5 Å². The van der Waals surface area contributed by atoms with Crippen LogP contribution in [-0.4, -0.2) is 16.1 Å². The molecule has 1 amide bonds. The van der Waals surface area contributed by atoms with Gasteiger partial charge in [-0.3, -0.25) is 9.59 Å². The number of rotatable bonds is 3. The Bertz CT molecular complexity index is 605. The first-order valence-corrected chi connectivity index (χ1v) is 6.25. The van der Waals surface area contributed by atoms with E-state index in [1.165, 1.54) is 18.5 Å². The molecule has 0 aliphatic heterocycles. The van der Waals surface area contributed by atoms with E-state index in [1.54, 1.807) is 36.6 Å². The first-order valence-electron chi connectivity index (χ1n) is 5.41. The summed E-state index contributed by atoms with van der Waals surface area (Å²) >= 11 is 1.25. The Hall–Kier alpha value is -2.01. The molecular formula is C13H12N2O2S. The van der Waals surface area contributed by atoms with E-state index >= 15 is 0 Å². The van der Waals surface area contributed by atoms with Gasteiger partial charge in [0.1, 0.15) is 0 Å². The lowest BCUT2D eigenvalue weighted by molar-refractivity contribution is 0.101. The first-order chi connectivity index (χ1) is 8.58. The molecule has 18 heavy (non-hydrogen) atoms. The smallest absolute Gasteiger partial charge is 0.258 e. The van der Waals surface area contributed by atoms with E-state index in [1.807, 2.05) is 0 Å². The van der Waals surface area contributed by atoms with Crippen molar-refractivity contribution < 1.29 is 9.59 Å². The van der Waals surface area contributed by atoms with Gasteiger partial charge in [-0.15, -0.1) is 0 Å². The number of hydrogen-bond acceptors (Lipinski definition) is 4. The maximum absolute atomic E-state index is 11.9. The molecule has 92 valence electrons. The standard InChI is InChI=1S/C13H12N2O2S/c1-8-12(7-18-15-8)13(17)14-11-5-3-4-10(6-11)9(2)16/h3-7H,1-2H3,(H,14,17). The molecule has 2 aromatic rings. The fourth-order valence-electron chi connectivity index (χ4n) is 1.52. The van der Waals surface area contributed by atoms with E-state index < -0.39 is 0 Å². The van der Waals surface area contributed by atoms with Gasteiger partial charge in [0.05, 0.1) is 11.3 Å². The van der Waals surface area contributed by atoms with Crippen LogP contribution in [0.25, 0.3) is 0 Å². The van der Waals surface area contributed by atoms with Crippen molar-refractivity contribution in [2.75, 3.05) is 5.32 Å². The number of carbonyl (C=O) groups is 2. The molecule has 0 spiro atoms. The third-order valence-electron chi connectivity index (χ3n) is 2.52. The number of amides is 1. The van der Waals surface area contributed by atoms with Crippen LogP contribution in [0.4, 0.5) is 5.69 Å². The Kier molecular flexibility index (Phi) is 3.53. The molecule has 0 aliphatic carbocycles. The van der Waals surface area contributed by atoms with Gasteiger partial charge in [-0.2, -0.15) is 4.37 Å². The molecule has 0 unspecified atom stereocenters. The van der Waals surface area contributed by atoms with Crippen LogP contribution in [0, 0.1) is 6.92 Å². The van der Waals surface area contributed by atoms with Crippen LogP contribution in [0.2, 0.25) is 0 Å². The maximum Gasteiger partial charge on any atom is 0.258 e. The molecule has 0 saturated heterocycles. The number of nitrogens with one attached hydrogen (secondary N) is 1. The molecule has 0 aliphatic rings. The summed E-state index contributed by atoms with van der Waals surface area (Å²) in [4.78, 5) is 23.2. The second-order valence-electron chi connectivity index (χ2n) is 3.90. The fraction of sp³-hybridized carbons (Fsp3) is 0.154. The summed E-state index contributed by atoms with van der Waals surface area (Å²) in [5.74, 6) is -0.235. The number of aromatic nitrogens is 1. The third-order valence-corrected chi connectivity index (χ3v) is 3.24. The lowest BCUT2D eigenvalue weighted by Crippen LogP contribution is -2.12. The molecule has 1 aromatic carbocycles. The van der Waals surface area contributed by atoms with Gasteiger partial charge in [-0.1, -0.05) is 12.1 Å². The van der Waals surface area contributed by atoms with Crippen LogP contribution < -0.4 is 5.32 Å². The summed E-state index contributed by atoms with van der Waals surface area (Å²) in [7, 11) is 0. The summed E-state index contributed by atoms with van der Waals surface area (Å²) < 4.78 is 4.05. The Morgan fingerprint density at radius 3 is 2.72 bits per heavy atom. The normalized spacial score (nSPS) is 10.1. The summed E-state index contributed by atoms with van der Waals surface area (Å²) in [5.41, 5.74) is 2.46. The Labute approximate surface area is 109 Å². The van der Waals surface area contributed by atoms with Crippen molar-refractivity contribution in [2.45, 2.75) is 13.8 Å². The zero-order chi connectivity index (χ0) is 13.1. The van der Waals surface area contributed by atoms with Crippen molar-refractivity contribution >= 4 is 28.9 Å². The highest BCUT2D eigenvalue weighted by atomic mass is 32.1. The minimum atomic E-state index is -0.207. The van der Waals surface area contributed by atoms with Gasteiger partial charge in [0, 0.05) is 16.6 Å². The lowest BCUT2D eigenvalue weighted by Gasteiger charge is -2.05. The molecular weight excluding hydrogens is 248 g/mol. The van der Waals surface area contributed by atoms with Crippen molar-refractivity contribution in [3.8, 4) is 0 Å². The minimum Gasteiger partial charge on any atom is -0.322 e. The first kappa shape index (κ1) is 12.4. The predicted molar refractivity (Wildman–Crippen MR) is 71.3 cm³/mol. The average molecular weight is 260 g/mol. The highest BCUT2D eigenvalue weighted by molar-refractivity contribution is 7.04. The third kappa shape index (κ3) is 2.62. The van der Waals surface area contributed by atoms with Gasteiger partial charge in [0.25, 0.3) is 5.91 Å². The monoisotopic (exact) mass is 260 g/mol. The highest BCUT2D eigenvalue weighted by Crippen LogP contribution is 2.15. The minimum absolute atomic E-state index is 0.0283. The molecule has 1 N–H and O–H groups in total. The van der Waals surface area contributed by atoms with Crippen LogP contribution in [-0.2, 0) is 0 Å². The Morgan fingerprint density at radius 2 is 2.11 bits per heavy atom. The quantitative estimate of drug-likeness (QED) is 0.863.